The molecule has 1 aliphatic rings. The maximum absolute atomic E-state index is 12.8. The van der Waals surface area contributed by atoms with Gasteiger partial charge in [0.05, 0.1) is 13.2 Å². The lowest BCUT2D eigenvalue weighted by atomic mass is 9.85. The van der Waals surface area contributed by atoms with E-state index in [1.807, 2.05) is 0 Å². The fourth-order valence-electron chi connectivity index (χ4n) is 7.69. The lowest BCUT2D eigenvalue weighted by Crippen LogP contribution is -2.64. The number of unbranched alkanes of at least 4 members (excludes halogenated alkanes) is 28. The molecule has 0 aromatic rings. The standard InChI is InChI=1S/C47H91O12P/c1-3-5-7-9-11-13-15-16-17-18-19-20-21-22-23-24-25-27-29-31-33-35-37-56-38-40(58-41(48)36-34-32-30-28-26-14-12-10-8-6-4-2)39-57-60(54,55)59-47-45(52)43(50)42(49)44(51)46(47)53/h10,12,40,42-47,49-53H,3-9,11,13-39H2,1-2H3,(H,54,55)/b12-10-. The van der Waals surface area contributed by atoms with E-state index in [0.29, 0.717) is 13.0 Å². The second kappa shape index (κ2) is 38.5. The zero-order valence-corrected chi connectivity index (χ0v) is 38.9. The zero-order valence-electron chi connectivity index (χ0n) is 38.0. The Bertz CT molecular complexity index is 1050. The first kappa shape index (κ1) is 57.1. The van der Waals surface area contributed by atoms with E-state index in [-0.39, 0.29) is 13.0 Å². The molecule has 356 valence electrons. The molecule has 1 saturated carbocycles. The van der Waals surface area contributed by atoms with Crippen molar-refractivity contribution in [1.82, 2.24) is 0 Å². The van der Waals surface area contributed by atoms with Crippen molar-refractivity contribution in [1.29, 1.82) is 0 Å². The first-order chi connectivity index (χ1) is 29.0. The van der Waals surface area contributed by atoms with E-state index in [1.165, 1.54) is 135 Å². The second-order valence-corrected chi connectivity index (χ2v) is 18.7. The summed E-state index contributed by atoms with van der Waals surface area (Å²) in [5.41, 5.74) is 0. The van der Waals surface area contributed by atoms with Gasteiger partial charge in [0, 0.05) is 13.0 Å². The summed E-state index contributed by atoms with van der Waals surface area (Å²) in [5.74, 6) is -0.484. The Morgan fingerprint density at radius 1 is 0.517 bits per heavy atom. The predicted molar refractivity (Wildman–Crippen MR) is 240 cm³/mol. The van der Waals surface area contributed by atoms with Gasteiger partial charge in [0.2, 0.25) is 0 Å². The molecular weight excluding hydrogens is 787 g/mol. The molecule has 0 heterocycles. The minimum Gasteiger partial charge on any atom is -0.457 e. The minimum atomic E-state index is -5.01. The topological polar surface area (TPSA) is 192 Å². The summed E-state index contributed by atoms with van der Waals surface area (Å²) < 4.78 is 34.2. The van der Waals surface area contributed by atoms with Crippen LogP contribution in [-0.2, 0) is 27.9 Å². The summed E-state index contributed by atoms with van der Waals surface area (Å²) in [6.45, 7) is 4.24. The van der Waals surface area contributed by atoms with Crippen molar-refractivity contribution in [3.05, 3.63) is 12.2 Å². The minimum absolute atomic E-state index is 0.0743. The molecule has 6 unspecified atom stereocenters. The van der Waals surface area contributed by atoms with Crippen LogP contribution in [0, 0.1) is 0 Å². The number of ether oxygens (including phenoxy) is 2. The summed E-state index contributed by atoms with van der Waals surface area (Å²) in [7, 11) is -5.01. The third-order valence-electron chi connectivity index (χ3n) is 11.6. The molecule has 12 nitrogen and oxygen atoms in total. The fraction of sp³-hybridized carbons (Fsp3) is 0.936. The number of phosphoric acid groups is 1. The fourth-order valence-corrected chi connectivity index (χ4v) is 8.66. The van der Waals surface area contributed by atoms with Gasteiger partial charge in [-0.05, 0) is 32.1 Å². The molecule has 0 aromatic carbocycles. The van der Waals surface area contributed by atoms with Gasteiger partial charge in [-0.15, -0.1) is 0 Å². The molecule has 0 radical (unpaired) electrons. The molecule has 1 rings (SSSR count). The maximum Gasteiger partial charge on any atom is 0.472 e. The lowest BCUT2D eigenvalue weighted by molar-refractivity contribution is -0.220. The van der Waals surface area contributed by atoms with Crippen LogP contribution in [0.15, 0.2) is 12.2 Å². The number of hydrogen-bond donors (Lipinski definition) is 6. The van der Waals surface area contributed by atoms with E-state index >= 15 is 0 Å². The van der Waals surface area contributed by atoms with Gasteiger partial charge in [0.15, 0.2) is 0 Å². The molecule has 0 aliphatic heterocycles. The number of esters is 1. The van der Waals surface area contributed by atoms with Crippen molar-refractivity contribution >= 4 is 13.8 Å². The molecule has 0 amide bonds. The first-order valence-electron chi connectivity index (χ1n) is 24.5. The molecule has 0 saturated heterocycles. The van der Waals surface area contributed by atoms with E-state index in [1.54, 1.807) is 0 Å². The van der Waals surface area contributed by atoms with E-state index in [2.05, 4.69) is 26.0 Å². The van der Waals surface area contributed by atoms with Crippen molar-refractivity contribution < 1.29 is 58.3 Å². The summed E-state index contributed by atoms with van der Waals surface area (Å²) in [4.78, 5) is 23.1. The van der Waals surface area contributed by atoms with Gasteiger partial charge in [0.25, 0.3) is 0 Å². The third kappa shape index (κ3) is 30.2. The molecule has 0 bridgehead atoms. The van der Waals surface area contributed by atoms with E-state index < -0.39 is 63.1 Å². The normalized spacial score (nSPS) is 22.3. The molecule has 6 atom stereocenters. The number of carbonyl (C=O) groups excluding carboxylic acids is 1. The quantitative estimate of drug-likeness (QED) is 0.0147. The van der Waals surface area contributed by atoms with Gasteiger partial charge < -0.3 is 39.9 Å². The van der Waals surface area contributed by atoms with Crippen molar-refractivity contribution in [3.8, 4) is 0 Å². The molecule has 1 aliphatic carbocycles. The van der Waals surface area contributed by atoms with Gasteiger partial charge in [0.1, 0.15) is 42.7 Å². The monoisotopic (exact) mass is 879 g/mol. The van der Waals surface area contributed by atoms with Crippen LogP contribution in [0.25, 0.3) is 0 Å². The van der Waals surface area contributed by atoms with E-state index in [4.69, 9.17) is 18.5 Å². The highest BCUT2D eigenvalue weighted by Gasteiger charge is 2.51. The third-order valence-corrected chi connectivity index (χ3v) is 12.6. The van der Waals surface area contributed by atoms with Crippen LogP contribution in [0.4, 0.5) is 0 Å². The molecule has 60 heavy (non-hydrogen) atoms. The van der Waals surface area contributed by atoms with Crippen LogP contribution in [0.1, 0.15) is 219 Å². The number of rotatable bonds is 42. The highest BCUT2D eigenvalue weighted by molar-refractivity contribution is 7.47. The highest BCUT2D eigenvalue weighted by Crippen LogP contribution is 2.47. The Kier molecular flexibility index (Phi) is 36.7. The molecule has 1 fully saturated rings. The second-order valence-electron chi connectivity index (χ2n) is 17.3. The first-order valence-corrected chi connectivity index (χ1v) is 26.0. The Labute approximate surface area is 365 Å². The Morgan fingerprint density at radius 2 is 0.900 bits per heavy atom. The lowest BCUT2D eigenvalue weighted by Gasteiger charge is -2.41. The number of carbonyl (C=O) groups is 1. The van der Waals surface area contributed by atoms with Crippen LogP contribution < -0.4 is 0 Å². The SMILES string of the molecule is CCCC/C=C\CCCCCCCC(=O)OC(COCCCCCCCCCCCCCCCCCCCCCCCC)COP(=O)(O)OC1C(O)C(O)C(O)C(O)C1O. The van der Waals surface area contributed by atoms with Crippen LogP contribution in [0.5, 0.6) is 0 Å². The van der Waals surface area contributed by atoms with Gasteiger partial charge in [-0.2, -0.15) is 0 Å². The van der Waals surface area contributed by atoms with Crippen molar-refractivity contribution in [2.45, 2.75) is 262 Å². The van der Waals surface area contributed by atoms with E-state index in [9.17, 15) is 39.8 Å². The Hall–Kier alpha value is -0.920. The average Bonchev–Trinajstić information content (AvgIpc) is 3.23. The number of aliphatic hydroxyl groups excluding tert-OH is 5. The number of allylic oxidation sites excluding steroid dienone is 2. The zero-order chi connectivity index (χ0) is 44.1. The van der Waals surface area contributed by atoms with Crippen LogP contribution in [0.3, 0.4) is 0 Å². The smallest absolute Gasteiger partial charge is 0.457 e. The Balaban J connectivity index is 2.29. The van der Waals surface area contributed by atoms with Crippen molar-refractivity contribution in [2.75, 3.05) is 19.8 Å². The Morgan fingerprint density at radius 3 is 1.37 bits per heavy atom. The number of aliphatic hydroxyl groups is 5. The molecule has 0 aromatic heterocycles. The van der Waals surface area contributed by atoms with Gasteiger partial charge in [-0.25, -0.2) is 4.57 Å². The van der Waals surface area contributed by atoms with Crippen LogP contribution in [-0.4, -0.2) is 98.9 Å². The van der Waals surface area contributed by atoms with Gasteiger partial charge >= 0.3 is 13.8 Å². The maximum atomic E-state index is 12.8. The summed E-state index contributed by atoms with van der Waals surface area (Å²) >= 11 is 0. The number of hydrogen-bond acceptors (Lipinski definition) is 11. The van der Waals surface area contributed by atoms with Gasteiger partial charge in [-0.1, -0.05) is 193 Å². The van der Waals surface area contributed by atoms with Crippen molar-refractivity contribution in [2.24, 2.45) is 0 Å². The molecule has 13 heteroatoms. The van der Waals surface area contributed by atoms with E-state index in [0.717, 1.165) is 57.8 Å². The predicted octanol–water partition coefficient (Wildman–Crippen LogP) is 10.3. The molecule has 0 spiro atoms. The highest BCUT2D eigenvalue weighted by atomic mass is 31.2. The summed E-state index contributed by atoms with van der Waals surface area (Å²) in [6.07, 6.45) is 30.1. The largest absolute Gasteiger partial charge is 0.472 e. The summed E-state index contributed by atoms with van der Waals surface area (Å²) in [5, 5.41) is 50.2. The van der Waals surface area contributed by atoms with Gasteiger partial charge in [-0.3, -0.25) is 13.8 Å². The number of phosphoric ester groups is 1. The molecular formula is C47H91O12P. The van der Waals surface area contributed by atoms with Crippen molar-refractivity contribution in [3.63, 3.8) is 0 Å². The van der Waals surface area contributed by atoms with Crippen LogP contribution in [0.2, 0.25) is 0 Å². The summed E-state index contributed by atoms with van der Waals surface area (Å²) in [6, 6.07) is 0. The average molecular weight is 879 g/mol. The molecule has 6 N–H and O–H groups in total. The van der Waals surface area contributed by atoms with Crippen LogP contribution >= 0.6 is 7.82 Å².